The number of carboxylic acid groups (broad SMARTS) is 2. The van der Waals surface area contributed by atoms with Crippen LogP contribution in [0.4, 0.5) is 5.69 Å². The van der Waals surface area contributed by atoms with Gasteiger partial charge in [-0.1, -0.05) is 11.6 Å². The lowest BCUT2D eigenvalue weighted by Gasteiger charge is -2.08. The monoisotopic (exact) mass is 273 g/mol. The van der Waals surface area contributed by atoms with E-state index < -0.39 is 29.2 Å². The number of benzene rings is 1. The predicted octanol–water partition coefficient (Wildman–Crippen LogP) is 1.58. The smallest absolute Gasteiger partial charge is 0.318 e. The van der Waals surface area contributed by atoms with Gasteiger partial charge in [0, 0.05) is 23.1 Å². The average Bonchev–Trinajstić information content (AvgIpc) is 2.24. The van der Waals surface area contributed by atoms with Gasteiger partial charge in [0.2, 0.25) is 0 Å². The Labute approximate surface area is 106 Å². The summed E-state index contributed by atoms with van der Waals surface area (Å²) in [6, 6.07) is 3.58. The number of carbonyl (C=O) groups is 2. The molecule has 1 aromatic carbocycles. The second-order valence-electron chi connectivity index (χ2n) is 3.46. The molecule has 1 rings (SSSR count). The molecule has 0 bridgehead atoms. The second-order valence-corrected chi connectivity index (χ2v) is 3.90. The molecule has 0 aliphatic rings. The molecule has 0 aliphatic carbocycles. The summed E-state index contributed by atoms with van der Waals surface area (Å²) in [6.45, 7) is 0. The molecule has 18 heavy (non-hydrogen) atoms. The fourth-order valence-corrected chi connectivity index (χ4v) is 1.59. The van der Waals surface area contributed by atoms with Crippen LogP contribution in [0.5, 0.6) is 0 Å². The van der Waals surface area contributed by atoms with Gasteiger partial charge in [0.1, 0.15) is 0 Å². The molecule has 0 spiro atoms. The molecule has 8 heteroatoms. The van der Waals surface area contributed by atoms with Crippen molar-refractivity contribution in [1.29, 1.82) is 0 Å². The van der Waals surface area contributed by atoms with Crippen LogP contribution in [0.15, 0.2) is 18.2 Å². The Morgan fingerprint density at radius 3 is 2.33 bits per heavy atom. The van der Waals surface area contributed by atoms with E-state index in [4.69, 9.17) is 21.8 Å². The van der Waals surface area contributed by atoms with Crippen molar-refractivity contribution in [3.63, 3.8) is 0 Å². The fourth-order valence-electron chi connectivity index (χ4n) is 1.40. The molecule has 0 saturated heterocycles. The number of carboxylic acids is 2. The number of aliphatic carboxylic acids is 2. The summed E-state index contributed by atoms with van der Waals surface area (Å²) >= 11 is 5.65. The number of rotatable bonds is 5. The Hall–Kier alpha value is -2.15. The van der Waals surface area contributed by atoms with Gasteiger partial charge in [-0.3, -0.25) is 19.7 Å². The lowest BCUT2D eigenvalue weighted by atomic mass is 9.98. The maximum atomic E-state index is 10.7. The van der Waals surface area contributed by atoms with E-state index in [2.05, 4.69) is 0 Å². The zero-order valence-electron chi connectivity index (χ0n) is 8.87. The predicted molar refractivity (Wildman–Crippen MR) is 60.6 cm³/mol. The number of nitro benzene ring substituents is 1. The van der Waals surface area contributed by atoms with E-state index in [-0.39, 0.29) is 16.3 Å². The van der Waals surface area contributed by atoms with Gasteiger partial charge in [0.15, 0.2) is 5.92 Å². The molecule has 0 amide bonds. The minimum Gasteiger partial charge on any atom is -0.481 e. The van der Waals surface area contributed by atoms with Crippen molar-refractivity contribution >= 4 is 29.2 Å². The van der Waals surface area contributed by atoms with Crippen molar-refractivity contribution in [2.75, 3.05) is 0 Å². The summed E-state index contributed by atoms with van der Waals surface area (Å²) in [5.41, 5.74) is -0.380. The first-order chi connectivity index (χ1) is 8.32. The van der Waals surface area contributed by atoms with Crippen LogP contribution in [0, 0.1) is 16.0 Å². The third-order valence-corrected chi connectivity index (χ3v) is 2.49. The van der Waals surface area contributed by atoms with Gasteiger partial charge in [0.25, 0.3) is 5.69 Å². The van der Waals surface area contributed by atoms with Crippen LogP contribution in [0.25, 0.3) is 0 Å². The van der Waals surface area contributed by atoms with E-state index in [0.29, 0.717) is 0 Å². The van der Waals surface area contributed by atoms with Crippen LogP contribution in [0.2, 0.25) is 5.02 Å². The van der Waals surface area contributed by atoms with E-state index in [1.807, 2.05) is 0 Å². The summed E-state index contributed by atoms with van der Waals surface area (Å²) in [4.78, 5) is 31.5. The van der Waals surface area contributed by atoms with E-state index >= 15 is 0 Å². The summed E-state index contributed by atoms with van der Waals surface area (Å²) < 4.78 is 0. The lowest BCUT2D eigenvalue weighted by molar-refractivity contribution is -0.385. The first-order valence-electron chi connectivity index (χ1n) is 4.71. The van der Waals surface area contributed by atoms with E-state index in [0.717, 1.165) is 6.07 Å². The molecule has 0 saturated carbocycles. The van der Waals surface area contributed by atoms with Gasteiger partial charge in [-0.2, -0.15) is 0 Å². The molecule has 0 atom stereocenters. The lowest BCUT2D eigenvalue weighted by Crippen LogP contribution is -2.25. The third kappa shape index (κ3) is 3.17. The maximum Gasteiger partial charge on any atom is 0.318 e. The summed E-state index contributed by atoms with van der Waals surface area (Å²) in [5.74, 6) is -4.87. The fraction of sp³-hybridized carbons (Fsp3) is 0.200. The van der Waals surface area contributed by atoms with Crippen molar-refractivity contribution in [2.45, 2.75) is 6.42 Å². The number of nitro groups is 1. The van der Waals surface area contributed by atoms with Crippen LogP contribution in [-0.2, 0) is 16.0 Å². The highest BCUT2D eigenvalue weighted by molar-refractivity contribution is 6.30. The van der Waals surface area contributed by atoms with Gasteiger partial charge < -0.3 is 10.2 Å². The van der Waals surface area contributed by atoms with Crippen LogP contribution in [0.3, 0.4) is 0 Å². The van der Waals surface area contributed by atoms with E-state index in [1.54, 1.807) is 0 Å². The maximum absolute atomic E-state index is 10.7. The van der Waals surface area contributed by atoms with Crippen molar-refractivity contribution in [1.82, 2.24) is 0 Å². The van der Waals surface area contributed by atoms with Crippen LogP contribution in [-0.4, -0.2) is 27.1 Å². The zero-order valence-corrected chi connectivity index (χ0v) is 9.63. The molecule has 0 heterocycles. The summed E-state index contributed by atoms with van der Waals surface area (Å²) in [6.07, 6.45) is -0.498. The molecule has 0 aromatic heterocycles. The highest BCUT2D eigenvalue weighted by Gasteiger charge is 2.29. The molecule has 0 unspecified atom stereocenters. The summed E-state index contributed by atoms with van der Waals surface area (Å²) in [5, 5.41) is 28.3. The number of hydrogen-bond acceptors (Lipinski definition) is 4. The molecule has 0 fully saturated rings. The molecule has 2 N–H and O–H groups in total. The molecule has 7 nitrogen and oxygen atoms in total. The van der Waals surface area contributed by atoms with Crippen LogP contribution < -0.4 is 0 Å². The Bertz CT molecular complexity index is 501. The van der Waals surface area contributed by atoms with E-state index in [1.165, 1.54) is 12.1 Å². The minimum absolute atomic E-state index is 0.0256. The topological polar surface area (TPSA) is 118 Å². The van der Waals surface area contributed by atoms with Gasteiger partial charge in [-0.05, 0) is 12.1 Å². The Morgan fingerprint density at radius 2 is 1.89 bits per heavy atom. The van der Waals surface area contributed by atoms with Crippen molar-refractivity contribution < 1.29 is 24.7 Å². The molecule has 0 aliphatic heterocycles. The Morgan fingerprint density at radius 1 is 1.33 bits per heavy atom. The number of hydrogen-bond donors (Lipinski definition) is 2. The Kier molecular flexibility index (Phi) is 4.22. The minimum atomic E-state index is -1.75. The molecular formula is C10H8ClNO6. The van der Waals surface area contributed by atoms with Crippen molar-refractivity contribution in [3.05, 3.63) is 38.9 Å². The molecule has 96 valence electrons. The van der Waals surface area contributed by atoms with Gasteiger partial charge >= 0.3 is 11.9 Å². The van der Waals surface area contributed by atoms with Gasteiger partial charge in [0.05, 0.1) is 4.92 Å². The average molecular weight is 274 g/mol. The zero-order chi connectivity index (χ0) is 13.9. The molecular weight excluding hydrogens is 266 g/mol. The van der Waals surface area contributed by atoms with Crippen molar-refractivity contribution in [2.24, 2.45) is 5.92 Å². The van der Waals surface area contributed by atoms with Gasteiger partial charge in [-0.25, -0.2) is 0 Å². The van der Waals surface area contributed by atoms with Crippen molar-refractivity contribution in [3.8, 4) is 0 Å². The van der Waals surface area contributed by atoms with E-state index in [9.17, 15) is 19.7 Å². The highest BCUT2D eigenvalue weighted by Crippen LogP contribution is 2.25. The normalized spacial score (nSPS) is 10.3. The summed E-state index contributed by atoms with van der Waals surface area (Å²) in [7, 11) is 0. The SMILES string of the molecule is O=C(O)C(Cc1cc(Cl)ccc1[N+](=O)[O-])C(=O)O. The number of nitrogens with zero attached hydrogens (tertiary/aromatic N) is 1. The second kappa shape index (κ2) is 5.46. The quantitative estimate of drug-likeness (QED) is 0.478. The van der Waals surface area contributed by atoms with Gasteiger partial charge in [-0.15, -0.1) is 0 Å². The first-order valence-corrected chi connectivity index (χ1v) is 5.09. The first kappa shape index (κ1) is 13.9. The largest absolute Gasteiger partial charge is 0.481 e. The number of halogens is 1. The molecule has 1 aromatic rings. The third-order valence-electron chi connectivity index (χ3n) is 2.26. The van der Waals surface area contributed by atoms with Crippen LogP contribution >= 0.6 is 11.6 Å². The highest BCUT2D eigenvalue weighted by atomic mass is 35.5. The molecule has 0 radical (unpaired) electrons. The Balaban J connectivity index is 3.16. The standard InChI is InChI=1S/C10H8ClNO6/c11-6-1-2-8(12(17)18)5(3-6)4-7(9(13)14)10(15)16/h1-3,7H,4H2,(H,13,14)(H,15,16). The van der Waals surface area contributed by atoms with Crippen LogP contribution in [0.1, 0.15) is 5.56 Å².